The third-order valence-electron chi connectivity index (χ3n) is 2.73. The Balaban J connectivity index is 2.42. The lowest BCUT2D eigenvalue weighted by Gasteiger charge is -2.34. The van der Waals surface area contributed by atoms with Crippen molar-refractivity contribution in [3.8, 4) is 0 Å². The van der Waals surface area contributed by atoms with Crippen LogP contribution in [0.1, 0.15) is 19.8 Å². The van der Waals surface area contributed by atoms with Crippen LogP contribution in [0.5, 0.6) is 0 Å². The number of amides is 1. The number of hydrogen-bond acceptors (Lipinski definition) is 4. The summed E-state index contributed by atoms with van der Waals surface area (Å²) in [5, 5.41) is 11.3. The number of aliphatic carboxylic acids is 1. The Morgan fingerprint density at radius 2 is 2.29 bits per heavy atom. The number of rotatable bonds is 6. The second-order valence-corrected chi connectivity index (χ2v) is 4.02. The van der Waals surface area contributed by atoms with Gasteiger partial charge in [-0.3, -0.25) is 14.5 Å². The van der Waals surface area contributed by atoms with Crippen molar-refractivity contribution in [3.63, 3.8) is 0 Å². The summed E-state index contributed by atoms with van der Waals surface area (Å²) < 4.78 is 5.29. The molecule has 17 heavy (non-hydrogen) atoms. The number of likely N-dealkylation sites (N-methyl/N-ethyl adjacent to an activating group) is 1. The number of nitrogens with zero attached hydrogens (tertiary/aromatic N) is 1. The molecule has 6 nitrogen and oxygen atoms in total. The first kappa shape index (κ1) is 13.9. The van der Waals surface area contributed by atoms with Gasteiger partial charge in [-0.2, -0.15) is 0 Å². The van der Waals surface area contributed by atoms with E-state index in [0.717, 1.165) is 0 Å². The van der Waals surface area contributed by atoms with E-state index in [1.807, 2.05) is 11.8 Å². The van der Waals surface area contributed by atoms with Crippen molar-refractivity contribution >= 4 is 11.9 Å². The summed E-state index contributed by atoms with van der Waals surface area (Å²) in [6.07, 6.45) is 0.699. The van der Waals surface area contributed by atoms with Gasteiger partial charge in [0.1, 0.15) is 6.04 Å². The molecular formula is C11H20N2O4. The molecule has 1 aliphatic rings. The molecule has 0 aromatic carbocycles. The number of carboxylic acid groups (broad SMARTS) is 1. The van der Waals surface area contributed by atoms with Gasteiger partial charge in [0, 0.05) is 19.5 Å². The minimum Gasteiger partial charge on any atom is -0.481 e. The first-order valence-corrected chi connectivity index (χ1v) is 5.96. The number of morpholine rings is 1. The summed E-state index contributed by atoms with van der Waals surface area (Å²) in [5.74, 6) is -0.838. The van der Waals surface area contributed by atoms with E-state index in [1.54, 1.807) is 0 Å². The minimum atomic E-state index is -0.798. The molecule has 1 rings (SSSR count). The summed E-state index contributed by atoms with van der Waals surface area (Å²) in [7, 11) is 0. The van der Waals surface area contributed by atoms with Crippen LogP contribution in [0.4, 0.5) is 0 Å². The topological polar surface area (TPSA) is 78.9 Å². The monoisotopic (exact) mass is 244 g/mol. The fourth-order valence-electron chi connectivity index (χ4n) is 1.87. The molecule has 1 saturated heterocycles. The minimum absolute atomic E-state index is 0.0393. The van der Waals surface area contributed by atoms with Crippen molar-refractivity contribution in [1.29, 1.82) is 0 Å². The molecule has 0 radical (unpaired) electrons. The van der Waals surface area contributed by atoms with Crippen LogP contribution in [0.2, 0.25) is 0 Å². The zero-order valence-electron chi connectivity index (χ0n) is 10.1. The van der Waals surface area contributed by atoms with Crippen LogP contribution in [0.25, 0.3) is 0 Å². The third-order valence-corrected chi connectivity index (χ3v) is 2.73. The van der Waals surface area contributed by atoms with Crippen LogP contribution in [-0.2, 0) is 14.3 Å². The molecule has 1 unspecified atom stereocenters. The highest BCUT2D eigenvalue weighted by molar-refractivity contribution is 5.81. The van der Waals surface area contributed by atoms with E-state index in [0.29, 0.717) is 39.3 Å². The van der Waals surface area contributed by atoms with Crippen LogP contribution in [0.15, 0.2) is 0 Å². The average molecular weight is 244 g/mol. The lowest BCUT2D eigenvalue weighted by atomic mass is 10.2. The number of hydrogen-bond donors (Lipinski definition) is 2. The van der Waals surface area contributed by atoms with Crippen molar-refractivity contribution < 1.29 is 19.4 Å². The lowest BCUT2D eigenvalue weighted by Crippen LogP contribution is -2.53. The Bertz CT molecular complexity index is 270. The fraction of sp³-hybridized carbons (Fsp3) is 0.818. The Hall–Kier alpha value is -1.14. The lowest BCUT2D eigenvalue weighted by molar-refractivity contribution is -0.137. The van der Waals surface area contributed by atoms with Crippen LogP contribution < -0.4 is 5.32 Å². The highest BCUT2D eigenvalue weighted by atomic mass is 16.5. The molecule has 1 fully saturated rings. The maximum absolute atomic E-state index is 11.8. The SMILES string of the molecule is CCNC(=O)C1COCCN1CCCC(=O)O. The van der Waals surface area contributed by atoms with E-state index < -0.39 is 5.97 Å². The predicted molar refractivity (Wildman–Crippen MR) is 61.7 cm³/mol. The maximum atomic E-state index is 11.8. The van der Waals surface area contributed by atoms with Gasteiger partial charge in [0.2, 0.25) is 5.91 Å². The second-order valence-electron chi connectivity index (χ2n) is 4.02. The molecule has 0 aliphatic carbocycles. The summed E-state index contributed by atoms with van der Waals surface area (Å²) in [6, 6.07) is -0.280. The van der Waals surface area contributed by atoms with E-state index in [2.05, 4.69) is 5.32 Å². The molecule has 0 spiro atoms. The summed E-state index contributed by atoms with van der Waals surface area (Å²) >= 11 is 0. The predicted octanol–water partition coefficient (Wildman–Crippen LogP) is -0.312. The van der Waals surface area contributed by atoms with Crippen LogP contribution in [0.3, 0.4) is 0 Å². The Kier molecular flexibility index (Phi) is 5.93. The Morgan fingerprint density at radius 1 is 1.53 bits per heavy atom. The van der Waals surface area contributed by atoms with Gasteiger partial charge in [-0.1, -0.05) is 0 Å². The summed E-state index contributed by atoms with van der Waals surface area (Å²) in [6.45, 7) is 4.76. The molecule has 0 bridgehead atoms. The normalized spacial score (nSPS) is 21.1. The summed E-state index contributed by atoms with van der Waals surface area (Å²) in [5.41, 5.74) is 0. The van der Waals surface area contributed by atoms with E-state index in [9.17, 15) is 9.59 Å². The fourth-order valence-corrected chi connectivity index (χ4v) is 1.87. The van der Waals surface area contributed by atoms with Gasteiger partial charge in [0.15, 0.2) is 0 Å². The first-order valence-electron chi connectivity index (χ1n) is 5.96. The van der Waals surface area contributed by atoms with Crippen molar-refractivity contribution in [2.24, 2.45) is 0 Å². The van der Waals surface area contributed by atoms with Gasteiger partial charge in [-0.05, 0) is 19.9 Å². The zero-order chi connectivity index (χ0) is 12.7. The molecule has 1 amide bonds. The van der Waals surface area contributed by atoms with Gasteiger partial charge in [0.25, 0.3) is 0 Å². The molecular weight excluding hydrogens is 224 g/mol. The molecule has 98 valence electrons. The molecule has 2 N–H and O–H groups in total. The van der Waals surface area contributed by atoms with Gasteiger partial charge < -0.3 is 15.2 Å². The van der Waals surface area contributed by atoms with Crippen LogP contribution in [-0.4, -0.2) is 60.8 Å². The van der Waals surface area contributed by atoms with Crippen molar-refractivity contribution in [2.75, 3.05) is 32.8 Å². The maximum Gasteiger partial charge on any atom is 0.303 e. The van der Waals surface area contributed by atoms with E-state index in [1.165, 1.54) is 0 Å². The van der Waals surface area contributed by atoms with Gasteiger partial charge in [-0.25, -0.2) is 0 Å². The highest BCUT2D eigenvalue weighted by Crippen LogP contribution is 2.08. The smallest absolute Gasteiger partial charge is 0.303 e. The standard InChI is InChI=1S/C11H20N2O4/c1-2-12-11(16)9-8-17-7-6-13(9)5-3-4-10(14)15/h9H,2-8H2,1H3,(H,12,16)(H,14,15). The average Bonchev–Trinajstić information content (AvgIpc) is 2.29. The van der Waals surface area contributed by atoms with Gasteiger partial charge >= 0.3 is 5.97 Å². The molecule has 6 heteroatoms. The first-order chi connectivity index (χ1) is 8.15. The Labute approximate surface area is 101 Å². The summed E-state index contributed by atoms with van der Waals surface area (Å²) in [4.78, 5) is 24.2. The van der Waals surface area contributed by atoms with Gasteiger partial charge in [-0.15, -0.1) is 0 Å². The molecule has 1 aliphatic heterocycles. The Morgan fingerprint density at radius 3 is 2.94 bits per heavy atom. The van der Waals surface area contributed by atoms with Crippen molar-refractivity contribution in [1.82, 2.24) is 10.2 Å². The number of carboxylic acids is 1. The largest absolute Gasteiger partial charge is 0.481 e. The zero-order valence-corrected chi connectivity index (χ0v) is 10.1. The van der Waals surface area contributed by atoms with Crippen LogP contribution >= 0.6 is 0 Å². The van der Waals surface area contributed by atoms with Gasteiger partial charge in [0.05, 0.1) is 13.2 Å². The molecule has 0 aromatic heterocycles. The quantitative estimate of drug-likeness (QED) is 0.670. The van der Waals surface area contributed by atoms with E-state index >= 15 is 0 Å². The van der Waals surface area contributed by atoms with Crippen molar-refractivity contribution in [2.45, 2.75) is 25.8 Å². The number of nitrogens with one attached hydrogen (secondary N) is 1. The molecule has 1 heterocycles. The molecule has 1 atom stereocenters. The number of ether oxygens (including phenoxy) is 1. The second kappa shape index (κ2) is 7.24. The van der Waals surface area contributed by atoms with E-state index in [4.69, 9.17) is 9.84 Å². The molecule has 0 saturated carbocycles. The molecule has 0 aromatic rings. The highest BCUT2D eigenvalue weighted by Gasteiger charge is 2.28. The van der Waals surface area contributed by atoms with E-state index in [-0.39, 0.29) is 18.4 Å². The number of carbonyl (C=O) groups excluding carboxylic acids is 1. The van der Waals surface area contributed by atoms with Crippen molar-refractivity contribution in [3.05, 3.63) is 0 Å². The third kappa shape index (κ3) is 4.70. The van der Waals surface area contributed by atoms with Crippen LogP contribution in [0, 0.1) is 0 Å². The number of carbonyl (C=O) groups is 2.